The summed E-state index contributed by atoms with van der Waals surface area (Å²) in [5, 5.41) is 2.81. The molecule has 0 spiro atoms. The Kier molecular flexibility index (Phi) is 8.42. The van der Waals surface area contributed by atoms with Crippen molar-refractivity contribution in [1.82, 2.24) is 10.2 Å². The number of benzene rings is 1. The van der Waals surface area contributed by atoms with Gasteiger partial charge in [0.2, 0.25) is 5.91 Å². The highest BCUT2D eigenvalue weighted by molar-refractivity contribution is 5.88. The summed E-state index contributed by atoms with van der Waals surface area (Å²) in [6.07, 6.45) is 1.95. The van der Waals surface area contributed by atoms with Gasteiger partial charge in [-0.2, -0.15) is 0 Å². The Morgan fingerprint density at radius 3 is 2.44 bits per heavy atom. The zero-order valence-electron chi connectivity index (χ0n) is 16.0. The molecule has 1 heterocycles. The molecule has 0 aliphatic carbocycles. The lowest BCUT2D eigenvalue weighted by molar-refractivity contribution is -0.143. The summed E-state index contributed by atoms with van der Waals surface area (Å²) in [5.41, 5.74) is 0.980. The molecule has 1 N–H and O–H groups in total. The smallest absolute Gasteiger partial charge is 0.319 e. The van der Waals surface area contributed by atoms with Gasteiger partial charge in [-0.1, -0.05) is 30.3 Å². The topological polar surface area (TPSA) is 84.9 Å². The van der Waals surface area contributed by atoms with Crippen molar-refractivity contribution in [3.8, 4) is 0 Å². The normalized spacial score (nSPS) is 16.0. The zero-order valence-corrected chi connectivity index (χ0v) is 16.0. The first kappa shape index (κ1) is 21.1. The number of nitrogens with zero attached hydrogens (tertiary/aromatic N) is 1. The number of carbonyl (C=O) groups excluding carboxylic acids is 3. The summed E-state index contributed by atoms with van der Waals surface area (Å²) in [6, 6.07) is 9.04. The number of rotatable bonds is 9. The number of ether oxygens (including phenoxy) is 2. The van der Waals surface area contributed by atoms with E-state index >= 15 is 0 Å². The second-order valence-electron chi connectivity index (χ2n) is 6.75. The number of amides is 1. The first-order valence-electron chi connectivity index (χ1n) is 9.22. The molecule has 27 heavy (non-hydrogen) atoms. The van der Waals surface area contributed by atoms with Gasteiger partial charge in [0.15, 0.2) is 5.78 Å². The van der Waals surface area contributed by atoms with Crippen molar-refractivity contribution in [3.63, 3.8) is 0 Å². The quantitative estimate of drug-likeness (QED) is 0.646. The molecule has 7 nitrogen and oxygen atoms in total. The van der Waals surface area contributed by atoms with Crippen LogP contribution in [0.3, 0.4) is 0 Å². The van der Waals surface area contributed by atoms with E-state index in [0.717, 1.165) is 18.4 Å². The minimum absolute atomic E-state index is 0.0397. The highest BCUT2D eigenvalue weighted by Gasteiger charge is 2.27. The molecule has 0 radical (unpaired) electrons. The van der Waals surface area contributed by atoms with Crippen LogP contribution in [-0.4, -0.2) is 68.1 Å². The van der Waals surface area contributed by atoms with Gasteiger partial charge in [0.05, 0.1) is 26.2 Å². The fraction of sp³-hybridized carbons (Fsp3) is 0.550. The molecule has 1 aliphatic heterocycles. The summed E-state index contributed by atoms with van der Waals surface area (Å²) < 4.78 is 10.1. The van der Waals surface area contributed by atoms with Gasteiger partial charge in [-0.15, -0.1) is 0 Å². The number of Topliss-reactive ketones (excluding diaryl/α,β-unsaturated/α-hetero) is 1. The van der Waals surface area contributed by atoms with Gasteiger partial charge in [-0.25, -0.2) is 0 Å². The van der Waals surface area contributed by atoms with E-state index in [0.29, 0.717) is 19.6 Å². The fourth-order valence-electron chi connectivity index (χ4n) is 3.17. The lowest BCUT2D eigenvalue weighted by Gasteiger charge is -2.33. The van der Waals surface area contributed by atoms with E-state index in [4.69, 9.17) is 9.47 Å². The van der Waals surface area contributed by atoms with Gasteiger partial charge in [-0.05, 0) is 31.7 Å². The second-order valence-corrected chi connectivity index (χ2v) is 6.75. The van der Waals surface area contributed by atoms with E-state index in [2.05, 4.69) is 5.32 Å². The van der Waals surface area contributed by atoms with Gasteiger partial charge in [0, 0.05) is 19.3 Å². The number of hydrogen-bond acceptors (Lipinski definition) is 6. The van der Waals surface area contributed by atoms with Crippen LogP contribution >= 0.6 is 0 Å². The second kappa shape index (κ2) is 10.8. The Labute approximate surface area is 160 Å². The summed E-state index contributed by atoms with van der Waals surface area (Å²) in [5.74, 6) is -0.763. The van der Waals surface area contributed by atoms with E-state index in [1.54, 1.807) is 0 Å². The maximum atomic E-state index is 12.6. The van der Waals surface area contributed by atoms with Crippen LogP contribution in [0, 0.1) is 0 Å². The van der Waals surface area contributed by atoms with Crippen LogP contribution in [0.25, 0.3) is 0 Å². The molecule has 1 amide bonds. The van der Waals surface area contributed by atoms with Crippen molar-refractivity contribution in [2.75, 3.05) is 33.4 Å². The third-order valence-corrected chi connectivity index (χ3v) is 4.72. The van der Waals surface area contributed by atoms with Gasteiger partial charge in [-0.3, -0.25) is 19.3 Å². The van der Waals surface area contributed by atoms with Gasteiger partial charge in [0.1, 0.15) is 0 Å². The van der Waals surface area contributed by atoms with E-state index in [-0.39, 0.29) is 36.8 Å². The van der Waals surface area contributed by atoms with Gasteiger partial charge >= 0.3 is 5.97 Å². The summed E-state index contributed by atoms with van der Waals surface area (Å²) in [6.45, 7) is 2.76. The lowest BCUT2D eigenvalue weighted by atomic mass is 10.0. The molecule has 0 bridgehead atoms. The monoisotopic (exact) mass is 376 g/mol. The largest absolute Gasteiger partial charge is 0.468 e. The molecule has 1 aromatic rings. The van der Waals surface area contributed by atoms with Crippen LogP contribution in [0.5, 0.6) is 0 Å². The summed E-state index contributed by atoms with van der Waals surface area (Å²) in [7, 11) is 1.33. The number of hydrogen-bond donors (Lipinski definition) is 1. The highest BCUT2D eigenvalue weighted by Crippen LogP contribution is 2.14. The number of ketones is 1. The van der Waals surface area contributed by atoms with Crippen LogP contribution in [0.1, 0.15) is 25.3 Å². The minimum Gasteiger partial charge on any atom is -0.468 e. The summed E-state index contributed by atoms with van der Waals surface area (Å²) >= 11 is 0. The van der Waals surface area contributed by atoms with Crippen molar-refractivity contribution in [3.05, 3.63) is 35.9 Å². The maximum absolute atomic E-state index is 12.6. The Morgan fingerprint density at radius 2 is 1.85 bits per heavy atom. The molecule has 1 fully saturated rings. The molecule has 1 saturated heterocycles. The molecule has 7 heteroatoms. The standard InChI is InChI=1S/C20H28N2O5/c1-15(23)18(12-16-6-4-3-5-7-16)21-19(24)13-22(14-20(25)26-2)17-8-10-27-11-9-17/h3-7,17-18H,8-14H2,1-2H3,(H,21,24)/t18-/m1/s1. The molecule has 1 atom stereocenters. The Bertz CT molecular complexity index is 629. The molecule has 0 saturated carbocycles. The molecule has 1 aliphatic rings. The van der Waals surface area contributed by atoms with Crippen LogP contribution in [-0.2, 0) is 30.3 Å². The van der Waals surface area contributed by atoms with Crippen LogP contribution < -0.4 is 5.32 Å². The van der Waals surface area contributed by atoms with Gasteiger partial charge < -0.3 is 14.8 Å². The van der Waals surface area contributed by atoms with Crippen LogP contribution in [0.2, 0.25) is 0 Å². The van der Waals surface area contributed by atoms with Gasteiger partial charge in [0.25, 0.3) is 0 Å². The number of methoxy groups -OCH3 is 1. The molecule has 1 aromatic carbocycles. The highest BCUT2D eigenvalue weighted by atomic mass is 16.5. The van der Waals surface area contributed by atoms with Crippen molar-refractivity contribution in [2.24, 2.45) is 0 Å². The molecular weight excluding hydrogens is 348 g/mol. The lowest BCUT2D eigenvalue weighted by Crippen LogP contribution is -2.50. The third-order valence-electron chi connectivity index (χ3n) is 4.72. The predicted octanol–water partition coefficient (Wildman–Crippen LogP) is 0.957. The Hall–Kier alpha value is -2.25. The molecule has 148 valence electrons. The van der Waals surface area contributed by atoms with Crippen molar-refractivity contribution in [2.45, 2.75) is 38.3 Å². The molecular formula is C20H28N2O5. The number of carbonyl (C=O) groups is 3. The minimum atomic E-state index is -0.588. The van der Waals surface area contributed by atoms with E-state index in [1.807, 2.05) is 35.2 Å². The zero-order chi connectivity index (χ0) is 19.6. The molecule has 2 rings (SSSR count). The van der Waals surface area contributed by atoms with Crippen LogP contribution in [0.15, 0.2) is 30.3 Å². The SMILES string of the molecule is COC(=O)CN(CC(=O)N[C@H](Cc1ccccc1)C(C)=O)C1CCOCC1. The average Bonchev–Trinajstić information content (AvgIpc) is 2.68. The number of esters is 1. The van der Waals surface area contributed by atoms with E-state index in [9.17, 15) is 14.4 Å². The van der Waals surface area contributed by atoms with Crippen molar-refractivity contribution in [1.29, 1.82) is 0 Å². The van der Waals surface area contributed by atoms with Crippen molar-refractivity contribution < 1.29 is 23.9 Å². The summed E-state index contributed by atoms with van der Waals surface area (Å²) in [4.78, 5) is 38.1. The Morgan fingerprint density at radius 1 is 1.19 bits per heavy atom. The Balaban J connectivity index is 1.98. The predicted molar refractivity (Wildman–Crippen MR) is 100 cm³/mol. The molecule has 0 aromatic heterocycles. The maximum Gasteiger partial charge on any atom is 0.319 e. The third kappa shape index (κ3) is 7.11. The molecule has 0 unspecified atom stereocenters. The fourth-order valence-corrected chi connectivity index (χ4v) is 3.17. The van der Waals surface area contributed by atoms with E-state index in [1.165, 1.54) is 14.0 Å². The first-order valence-corrected chi connectivity index (χ1v) is 9.22. The van der Waals surface area contributed by atoms with Crippen molar-refractivity contribution >= 4 is 17.7 Å². The number of nitrogens with one attached hydrogen (secondary N) is 1. The first-order chi connectivity index (χ1) is 13.0. The average molecular weight is 376 g/mol. The van der Waals surface area contributed by atoms with E-state index < -0.39 is 6.04 Å². The van der Waals surface area contributed by atoms with Crippen LogP contribution in [0.4, 0.5) is 0 Å².